The van der Waals surface area contributed by atoms with Crippen LogP contribution < -0.4 is 5.32 Å². The van der Waals surface area contributed by atoms with E-state index >= 15 is 0 Å². The first-order valence-electron chi connectivity index (χ1n) is 5.26. The number of carboxylic acid groups (broad SMARTS) is 1. The van der Waals surface area contributed by atoms with Gasteiger partial charge in [-0.25, -0.2) is 4.79 Å². The lowest BCUT2D eigenvalue weighted by Crippen LogP contribution is -2.43. The van der Waals surface area contributed by atoms with Crippen molar-refractivity contribution < 1.29 is 24.7 Å². The number of carbonyl (C=O) groups is 2. The zero-order valence-electron chi connectivity index (χ0n) is 9.99. The van der Waals surface area contributed by atoms with Crippen LogP contribution in [0.25, 0.3) is 0 Å². The summed E-state index contributed by atoms with van der Waals surface area (Å²) in [5.41, 5.74) is 0.110. The molecule has 0 aliphatic heterocycles. The summed E-state index contributed by atoms with van der Waals surface area (Å²) in [7, 11) is 0. The monoisotopic (exact) mass is 268 g/mol. The summed E-state index contributed by atoms with van der Waals surface area (Å²) in [5, 5.41) is 30.2. The number of aliphatic hydroxyl groups excluding tert-OH is 1. The lowest BCUT2D eigenvalue weighted by atomic mass is 10.1. The number of nitrogens with zero attached hydrogens (tertiary/aromatic N) is 1. The normalized spacial score (nSPS) is 11.7. The molecule has 0 radical (unpaired) electrons. The molecule has 3 N–H and O–H groups in total. The molecule has 0 heterocycles. The summed E-state index contributed by atoms with van der Waals surface area (Å²) < 4.78 is 0. The summed E-state index contributed by atoms with van der Waals surface area (Å²) in [5.74, 6) is -2.19. The van der Waals surface area contributed by atoms with Crippen molar-refractivity contribution in [1.29, 1.82) is 0 Å². The van der Waals surface area contributed by atoms with Gasteiger partial charge in [-0.15, -0.1) is 0 Å². The zero-order chi connectivity index (χ0) is 14.6. The molecule has 0 bridgehead atoms. The van der Waals surface area contributed by atoms with E-state index in [9.17, 15) is 19.7 Å². The van der Waals surface area contributed by atoms with E-state index in [-0.39, 0.29) is 11.3 Å². The number of benzene rings is 1. The van der Waals surface area contributed by atoms with Crippen molar-refractivity contribution in [2.75, 3.05) is 6.61 Å². The third-order valence-electron chi connectivity index (χ3n) is 2.45. The number of aryl methyl sites for hydroxylation is 1. The highest BCUT2D eigenvalue weighted by atomic mass is 16.6. The summed E-state index contributed by atoms with van der Waals surface area (Å²) >= 11 is 0. The van der Waals surface area contributed by atoms with Crippen molar-refractivity contribution in [2.24, 2.45) is 0 Å². The predicted octanol–water partition coefficient (Wildman–Crippen LogP) is 0.0785. The van der Waals surface area contributed by atoms with Crippen molar-refractivity contribution >= 4 is 17.6 Å². The molecular formula is C11H12N2O6. The molecular weight excluding hydrogens is 256 g/mol. The van der Waals surface area contributed by atoms with Crippen LogP contribution in [0.15, 0.2) is 18.2 Å². The fourth-order valence-corrected chi connectivity index (χ4v) is 1.37. The Morgan fingerprint density at radius 1 is 1.47 bits per heavy atom. The van der Waals surface area contributed by atoms with E-state index < -0.39 is 29.4 Å². The van der Waals surface area contributed by atoms with Crippen LogP contribution in [0.4, 0.5) is 5.69 Å². The molecule has 1 unspecified atom stereocenters. The molecule has 0 aliphatic rings. The van der Waals surface area contributed by atoms with Gasteiger partial charge in [0.25, 0.3) is 11.6 Å². The number of aliphatic carboxylic acids is 1. The molecule has 8 nitrogen and oxygen atoms in total. The number of aliphatic hydroxyl groups is 1. The maximum atomic E-state index is 11.7. The lowest BCUT2D eigenvalue weighted by molar-refractivity contribution is -0.385. The molecule has 1 rings (SSSR count). The second-order valence-electron chi connectivity index (χ2n) is 3.81. The molecule has 8 heteroatoms. The molecule has 0 saturated heterocycles. The van der Waals surface area contributed by atoms with Crippen molar-refractivity contribution in [3.05, 3.63) is 39.4 Å². The summed E-state index contributed by atoms with van der Waals surface area (Å²) in [4.78, 5) is 32.4. The van der Waals surface area contributed by atoms with Crippen molar-refractivity contribution in [1.82, 2.24) is 5.32 Å². The Morgan fingerprint density at radius 2 is 2.11 bits per heavy atom. The largest absolute Gasteiger partial charge is 0.480 e. The van der Waals surface area contributed by atoms with Gasteiger partial charge in [-0.05, 0) is 13.0 Å². The van der Waals surface area contributed by atoms with Gasteiger partial charge in [-0.3, -0.25) is 14.9 Å². The lowest BCUT2D eigenvalue weighted by Gasteiger charge is -2.11. The average molecular weight is 268 g/mol. The smallest absolute Gasteiger partial charge is 0.328 e. The Bertz CT molecular complexity index is 528. The molecule has 0 aliphatic carbocycles. The zero-order valence-corrected chi connectivity index (χ0v) is 9.99. The second kappa shape index (κ2) is 5.91. The van der Waals surface area contributed by atoms with Gasteiger partial charge in [0.15, 0.2) is 6.04 Å². The molecule has 1 amide bonds. The maximum Gasteiger partial charge on any atom is 0.328 e. The van der Waals surface area contributed by atoms with E-state index in [1.165, 1.54) is 19.1 Å². The molecule has 0 aromatic heterocycles. The molecule has 1 aromatic carbocycles. The van der Waals surface area contributed by atoms with Crippen LogP contribution in [-0.4, -0.2) is 39.7 Å². The van der Waals surface area contributed by atoms with Gasteiger partial charge in [0, 0.05) is 17.2 Å². The number of amides is 1. The molecule has 1 aromatic rings. The van der Waals surface area contributed by atoms with Crippen LogP contribution in [0.3, 0.4) is 0 Å². The molecule has 1 atom stereocenters. The number of rotatable bonds is 5. The highest BCUT2D eigenvalue weighted by Gasteiger charge is 2.21. The van der Waals surface area contributed by atoms with E-state index in [1.54, 1.807) is 0 Å². The van der Waals surface area contributed by atoms with Crippen molar-refractivity contribution in [2.45, 2.75) is 13.0 Å². The third-order valence-corrected chi connectivity index (χ3v) is 2.45. The van der Waals surface area contributed by atoms with Crippen LogP contribution in [-0.2, 0) is 4.79 Å². The molecule has 0 saturated carbocycles. The minimum Gasteiger partial charge on any atom is -0.480 e. The fraction of sp³-hybridized carbons (Fsp3) is 0.273. The topological polar surface area (TPSA) is 130 Å². The standard InChI is InChI=1S/C11H12N2O6/c1-6-2-3-7(4-9(6)13(18)19)10(15)12-8(5-14)11(16)17/h2-4,8,14H,5H2,1H3,(H,12,15)(H,16,17). The van der Waals surface area contributed by atoms with Crippen LogP contribution in [0.2, 0.25) is 0 Å². The van der Waals surface area contributed by atoms with Gasteiger partial charge in [-0.2, -0.15) is 0 Å². The first kappa shape index (κ1) is 14.6. The maximum absolute atomic E-state index is 11.7. The third kappa shape index (κ3) is 3.49. The number of nitro groups is 1. The first-order chi connectivity index (χ1) is 8.86. The van der Waals surface area contributed by atoms with Gasteiger partial charge in [0.05, 0.1) is 11.5 Å². The minimum absolute atomic E-state index is 0.0444. The van der Waals surface area contributed by atoms with E-state index in [2.05, 4.69) is 5.32 Å². The van der Waals surface area contributed by atoms with Crippen LogP contribution in [0, 0.1) is 17.0 Å². The Hall–Kier alpha value is -2.48. The second-order valence-corrected chi connectivity index (χ2v) is 3.81. The van der Waals surface area contributed by atoms with Gasteiger partial charge in [-0.1, -0.05) is 6.07 Å². The molecule has 19 heavy (non-hydrogen) atoms. The summed E-state index contributed by atoms with van der Waals surface area (Å²) in [6, 6.07) is 2.34. The van der Waals surface area contributed by atoms with E-state index in [1.807, 2.05) is 0 Å². The Balaban J connectivity index is 2.97. The molecule has 0 spiro atoms. The van der Waals surface area contributed by atoms with Crippen LogP contribution in [0.1, 0.15) is 15.9 Å². The van der Waals surface area contributed by atoms with Gasteiger partial charge < -0.3 is 15.5 Å². The fourth-order valence-electron chi connectivity index (χ4n) is 1.37. The highest BCUT2D eigenvalue weighted by molar-refractivity contribution is 5.97. The Kier molecular flexibility index (Phi) is 4.54. The number of hydrogen-bond acceptors (Lipinski definition) is 5. The first-order valence-corrected chi connectivity index (χ1v) is 5.26. The van der Waals surface area contributed by atoms with Gasteiger partial charge >= 0.3 is 5.97 Å². The minimum atomic E-state index is -1.45. The molecule has 0 fully saturated rings. The van der Waals surface area contributed by atoms with Gasteiger partial charge in [0.1, 0.15) is 0 Å². The van der Waals surface area contributed by atoms with Gasteiger partial charge in [0.2, 0.25) is 0 Å². The Morgan fingerprint density at radius 3 is 2.58 bits per heavy atom. The van der Waals surface area contributed by atoms with E-state index in [4.69, 9.17) is 10.2 Å². The van der Waals surface area contributed by atoms with Crippen LogP contribution >= 0.6 is 0 Å². The summed E-state index contributed by atoms with van der Waals surface area (Å²) in [6.07, 6.45) is 0. The highest BCUT2D eigenvalue weighted by Crippen LogP contribution is 2.19. The SMILES string of the molecule is Cc1ccc(C(=O)NC(CO)C(=O)O)cc1[N+](=O)[O-]. The average Bonchev–Trinajstić information content (AvgIpc) is 2.35. The molecule has 102 valence electrons. The Labute approximate surface area is 107 Å². The quantitative estimate of drug-likeness (QED) is 0.512. The predicted molar refractivity (Wildman–Crippen MR) is 63.8 cm³/mol. The van der Waals surface area contributed by atoms with Crippen molar-refractivity contribution in [3.8, 4) is 0 Å². The number of carbonyl (C=O) groups excluding carboxylic acids is 1. The van der Waals surface area contributed by atoms with E-state index in [0.29, 0.717) is 5.56 Å². The number of nitrogens with one attached hydrogen (secondary N) is 1. The van der Waals surface area contributed by atoms with Crippen LogP contribution in [0.5, 0.6) is 0 Å². The van der Waals surface area contributed by atoms with Crippen molar-refractivity contribution in [3.63, 3.8) is 0 Å². The number of nitro benzene ring substituents is 1. The summed E-state index contributed by atoms with van der Waals surface area (Å²) in [6.45, 7) is 0.753. The van der Waals surface area contributed by atoms with E-state index in [0.717, 1.165) is 6.07 Å². The number of carboxylic acids is 1. The number of hydrogen-bond donors (Lipinski definition) is 3.